The van der Waals surface area contributed by atoms with Gasteiger partial charge in [0.05, 0.1) is 18.2 Å². The topological polar surface area (TPSA) is 78.2 Å². The summed E-state index contributed by atoms with van der Waals surface area (Å²) < 4.78 is 22.9. The lowest BCUT2D eigenvalue weighted by Crippen LogP contribution is -2.30. The predicted octanol–water partition coefficient (Wildman–Crippen LogP) is -0.538. The molecule has 1 saturated heterocycles. The largest absolute Gasteiger partial charge is 0.274 e. The number of rotatable bonds is 2. The highest BCUT2D eigenvalue weighted by Gasteiger charge is 2.34. The molecular weight excluding hydrogens is 180 g/mol. The molecule has 0 aromatic carbocycles. The van der Waals surface area contributed by atoms with Crippen molar-refractivity contribution in [1.82, 2.24) is 4.31 Å². The van der Waals surface area contributed by atoms with Crippen molar-refractivity contribution in [2.45, 2.75) is 12.8 Å². The van der Waals surface area contributed by atoms with E-state index in [9.17, 15) is 13.2 Å². The first-order chi connectivity index (χ1) is 5.58. The lowest BCUT2D eigenvalue weighted by molar-refractivity contribution is -0.124. The van der Waals surface area contributed by atoms with Gasteiger partial charge < -0.3 is 0 Å². The monoisotopic (exact) mass is 188 g/mol. The summed E-state index contributed by atoms with van der Waals surface area (Å²) in [4.78, 5) is 10.9. The molecule has 0 spiro atoms. The molecule has 0 N–H and O–H groups in total. The number of hydrogen-bond donors (Lipinski definition) is 0. The van der Waals surface area contributed by atoms with Gasteiger partial charge in [0.1, 0.15) is 0 Å². The van der Waals surface area contributed by atoms with Gasteiger partial charge in [-0.15, -0.1) is 0 Å². The van der Waals surface area contributed by atoms with Crippen LogP contribution in [-0.2, 0) is 14.8 Å². The fourth-order valence-corrected chi connectivity index (χ4v) is 2.45. The standard InChI is InChI=1S/C6H8N2O3S/c7-3-1-4-8-6(9)2-5-12(8,10)11/h1-2,4-5H2. The maximum atomic E-state index is 11.1. The van der Waals surface area contributed by atoms with E-state index in [1.54, 1.807) is 6.07 Å². The molecule has 0 unspecified atom stereocenters. The predicted molar refractivity (Wildman–Crippen MR) is 40.3 cm³/mol. The maximum absolute atomic E-state index is 11.1. The van der Waals surface area contributed by atoms with Crippen molar-refractivity contribution in [2.24, 2.45) is 0 Å². The van der Waals surface area contributed by atoms with E-state index in [2.05, 4.69) is 0 Å². The van der Waals surface area contributed by atoms with Gasteiger partial charge in [-0.1, -0.05) is 0 Å². The molecule has 1 heterocycles. The molecule has 5 nitrogen and oxygen atoms in total. The zero-order chi connectivity index (χ0) is 9.19. The first kappa shape index (κ1) is 9.00. The Hall–Kier alpha value is -1.09. The molecule has 0 aromatic heterocycles. The van der Waals surface area contributed by atoms with E-state index < -0.39 is 15.9 Å². The first-order valence-electron chi connectivity index (χ1n) is 3.48. The van der Waals surface area contributed by atoms with Crippen molar-refractivity contribution in [2.75, 3.05) is 12.3 Å². The molecule has 66 valence electrons. The summed E-state index contributed by atoms with van der Waals surface area (Å²) in [6, 6.07) is 1.79. The first-order valence-corrected chi connectivity index (χ1v) is 5.09. The number of carbonyl (C=O) groups is 1. The number of sulfonamides is 1. The lowest BCUT2D eigenvalue weighted by Gasteiger charge is -2.11. The van der Waals surface area contributed by atoms with Gasteiger partial charge in [0.25, 0.3) is 0 Å². The van der Waals surface area contributed by atoms with Crippen LogP contribution in [0.1, 0.15) is 12.8 Å². The SMILES string of the molecule is N#CCCN1C(=O)CCS1(=O)=O. The van der Waals surface area contributed by atoms with Crippen molar-refractivity contribution in [3.8, 4) is 6.07 Å². The Morgan fingerprint density at radius 3 is 2.67 bits per heavy atom. The summed E-state index contributed by atoms with van der Waals surface area (Å²) in [5.74, 6) is -0.512. The number of amides is 1. The number of nitriles is 1. The lowest BCUT2D eigenvalue weighted by atomic mass is 10.4. The zero-order valence-corrected chi connectivity index (χ0v) is 7.17. The van der Waals surface area contributed by atoms with Crippen LogP contribution in [0.5, 0.6) is 0 Å². The quantitative estimate of drug-likeness (QED) is 0.583. The maximum Gasteiger partial charge on any atom is 0.237 e. The molecular formula is C6H8N2O3S. The minimum Gasteiger partial charge on any atom is -0.274 e. The fraction of sp³-hybridized carbons (Fsp3) is 0.667. The van der Waals surface area contributed by atoms with Crippen molar-refractivity contribution in [3.05, 3.63) is 0 Å². The van der Waals surface area contributed by atoms with E-state index in [1.807, 2.05) is 0 Å². The number of hydrogen-bond acceptors (Lipinski definition) is 4. The summed E-state index contributed by atoms with van der Waals surface area (Å²) in [6.07, 6.45) is 0.110. The molecule has 0 bridgehead atoms. The minimum absolute atomic E-state index is 0.00231. The number of nitrogens with zero attached hydrogens (tertiary/aromatic N) is 2. The Bertz CT molecular complexity index is 327. The molecule has 1 fully saturated rings. The van der Waals surface area contributed by atoms with Crippen LogP contribution < -0.4 is 0 Å². The van der Waals surface area contributed by atoms with E-state index in [1.165, 1.54) is 0 Å². The van der Waals surface area contributed by atoms with Crippen LogP contribution in [-0.4, -0.2) is 30.9 Å². The van der Waals surface area contributed by atoms with Gasteiger partial charge in [0.15, 0.2) is 0 Å². The second-order valence-corrected chi connectivity index (χ2v) is 4.45. The molecule has 0 aromatic rings. The molecule has 0 radical (unpaired) electrons. The van der Waals surface area contributed by atoms with Gasteiger partial charge in [-0.3, -0.25) is 4.79 Å². The van der Waals surface area contributed by atoms with Crippen LogP contribution in [0.4, 0.5) is 0 Å². The summed E-state index contributed by atoms with van der Waals surface area (Å²) in [5.41, 5.74) is 0. The summed E-state index contributed by atoms with van der Waals surface area (Å²) in [7, 11) is -3.38. The van der Waals surface area contributed by atoms with Crippen LogP contribution in [0.2, 0.25) is 0 Å². The third kappa shape index (κ3) is 1.56. The summed E-state index contributed by atoms with van der Waals surface area (Å²) in [6.45, 7) is -0.00231. The Balaban J connectivity index is 2.74. The second-order valence-electron chi connectivity index (χ2n) is 2.44. The van der Waals surface area contributed by atoms with Crippen LogP contribution in [0.15, 0.2) is 0 Å². The molecule has 6 heteroatoms. The summed E-state index contributed by atoms with van der Waals surface area (Å²) >= 11 is 0. The molecule has 1 aliphatic heterocycles. The third-order valence-electron chi connectivity index (χ3n) is 1.61. The highest BCUT2D eigenvalue weighted by molar-refractivity contribution is 7.90. The average molecular weight is 188 g/mol. The van der Waals surface area contributed by atoms with Crippen LogP contribution in [0, 0.1) is 11.3 Å². The molecule has 0 saturated carbocycles. The van der Waals surface area contributed by atoms with Crippen molar-refractivity contribution >= 4 is 15.9 Å². The molecule has 1 amide bonds. The molecule has 1 rings (SSSR count). The Morgan fingerprint density at radius 2 is 2.25 bits per heavy atom. The minimum atomic E-state index is -3.38. The van der Waals surface area contributed by atoms with E-state index in [0.29, 0.717) is 0 Å². The fourth-order valence-electron chi connectivity index (χ4n) is 1.02. The highest BCUT2D eigenvalue weighted by Crippen LogP contribution is 2.14. The third-order valence-corrected chi connectivity index (χ3v) is 3.39. The summed E-state index contributed by atoms with van der Waals surface area (Å²) in [5, 5.41) is 8.20. The van der Waals surface area contributed by atoms with Crippen molar-refractivity contribution in [3.63, 3.8) is 0 Å². The second kappa shape index (κ2) is 3.11. The van der Waals surface area contributed by atoms with Gasteiger partial charge in [0, 0.05) is 13.0 Å². The normalized spacial score (nSPS) is 20.9. The van der Waals surface area contributed by atoms with E-state index >= 15 is 0 Å². The van der Waals surface area contributed by atoms with E-state index in [0.717, 1.165) is 4.31 Å². The highest BCUT2D eigenvalue weighted by atomic mass is 32.2. The van der Waals surface area contributed by atoms with Crippen LogP contribution in [0.25, 0.3) is 0 Å². The van der Waals surface area contributed by atoms with Crippen molar-refractivity contribution < 1.29 is 13.2 Å². The zero-order valence-electron chi connectivity index (χ0n) is 6.36. The van der Waals surface area contributed by atoms with Gasteiger partial charge in [-0.2, -0.15) is 5.26 Å². The molecule has 12 heavy (non-hydrogen) atoms. The van der Waals surface area contributed by atoms with E-state index in [-0.39, 0.29) is 25.1 Å². The van der Waals surface area contributed by atoms with E-state index in [4.69, 9.17) is 5.26 Å². The molecule has 1 aliphatic rings. The Labute approximate surface area is 70.6 Å². The molecule has 0 atom stereocenters. The van der Waals surface area contributed by atoms with Gasteiger partial charge in [-0.25, -0.2) is 12.7 Å². The van der Waals surface area contributed by atoms with Gasteiger partial charge in [0.2, 0.25) is 15.9 Å². The van der Waals surface area contributed by atoms with Gasteiger partial charge in [-0.05, 0) is 0 Å². The van der Waals surface area contributed by atoms with Crippen LogP contribution >= 0.6 is 0 Å². The molecule has 0 aliphatic carbocycles. The van der Waals surface area contributed by atoms with Gasteiger partial charge >= 0.3 is 0 Å². The van der Waals surface area contributed by atoms with Crippen molar-refractivity contribution in [1.29, 1.82) is 5.26 Å². The van der Waals surface area contributed by atoms with Crippen LogP contribution in [0.3, 0.4) is 0 Å². The number of carbonyl (C=O) groups excluding carboxylic acids is 1. The Morgan fingerprint density at radius 1 is 1.58 bits per heavy atom. The Kier molecular flexibility index (Phi) is 2.33. The average Bonchev–Trinajstić information content (AvgIpc) is 2.24. The smallest absolute Gasteiger partial charge is 0.237 e.